The fourth-order valence-corrected chi connectivity index (χ4v) is 3.71. The maximum absolute atomic E-state index is 12.4. The van der Waals surface area contributed by atoms with Crippen molar-refractivity contribution in [1.29, 1.82) is 0 Å². The minimum Gasteiger partial charge on any atom is -0.466 e. The van der Waals surface area contributed by atoms with Crippen LogP contribution in [0, 0.1) is 5.92 Å². The zero-order chi connectivity index (χ0) is 18.4. The Morgan fingerprint density at radius 3 is 2.28 bits per heavy atom. The second-order valence-electron chi connectivity index (χ2n) is 7.47. The molecule has 138 valence electrons. The van der Waals surface area contributed by atoms with E-state index in [0.717, 1.165) is 4.90 Å². The predicted octanol–water partition coefficient (Wildman–Crippen LogP) is 3.88. The van der Waals surface area contributed by atoms with Gasteiger partial charge in [0.1, 0.15) is 0 Å². The number of rotatable bonds is 5. The molecule has 0 N–H and O–H groups in total. The van der Waals surface area contributed by atoms with Crippen LogP contribution in [0.25, 0.3) is 0 Å². The standard InChI is InChI=1S/C20H29NO3S/c1-5-24-19(23)15-10-12-21(13-11-15)18(22)14-25-17-8-6-16(7-9-17)20(2,3)4/h6-9,15H,5,10-14H2,1-4H3. The van der Waals surface area contributed by atoms with Crippen molar-refractivity contribution >= 4 is 23.6 Å². The summed E-state index contributed by atoms with van der Waals surface area (Å²) in [5, 5.41) is 0. The van der Waals surface area contributed by atoms with Crippen molar-refractivity contribution in [2.75, 3.05) is 25.4 Å². The predicted molar refractivity (Wildman–Crippen MR) is 102 cm³/mol. The summed E-state index contributed by atoms with van der Waals surface area (Å²) in [7, 11) is 0. The second-order valence-corrected chi connectivity index (χ2v) is 8.52. The zero-order valence-electron chi connectivity index (χ0n) is 15.7. The largest absolute Gasteiger partial charge is 0.466 e. The van der Waals surface area contributed by atoms with Gasteiger partial charge in [-0.15, -0.1) is 11.8 Å². The summed E-state index contributed by atoms with van der Waals surface area (Å²) in [6, 6.07) is 8.45. The molecule has 1 fully saturated rings. The van der Waals surface area contributed by atoms with Gasteiger partial charge in [-0.2, -0.15) is 0 Å². The minimum atomic E-state index is -0.122. The van der Waals surface area contributed by atoms with Crippen molar-refractivity contribution < 1.29 is 14.3 Å². The third-order valence-electron chi connectivity index (χ3n) is 4.55. The van der Waals surface area contributed by atoms with E-state index in [2.05, 4.69) is 45.0 Å². The average Bonchev–Trinajstić information content (AvgIpc) is 2.59. The molecule has 0 bridgehead atoms. The number of likely N-dealkylation sites (tertiary alicyclic amines) is 1. The van der Waals surface area contributed by atoms with E-state index < -0.39 is 0 Å². The zero-order valence-corrected chi connectivity index (χ0v) is 16.5. The molecule has 1 amide bonds. The van der Waals surface area contributed by atoms with E-state index in [-0.39, 0.29) is 23.2 Å². The average molecular weight is 364 g/mol. The molecule has 2 rings (SSSR count). The fraction of sp³-hybridized carbons (Fsp3) is 0.600. The molecule has 1 aliphatic rings. The molecule has 0 radical (unpaired) electrons. The summed E-state index contributed by atoms with van der Waals surface area (Å²) in [6.07, 6.45) is 1.41. The number of ether oxygens (including phenoxy) is 1. The molecule has 25 heavy (non-hydrogen) atoms. The molecule has 0 unspecified atom stereocenters. The molecule has 1 aromatic rings. The van der Waals surface area contributed by atoms with Gasteiger partial charge in [-0.1, -0.05) is 32.9 Å². The van der Waals surface area contributed by atoms with Gasteiger partial charge in [-0.25, -0.2) is 0 Å². The smallest absolute Gasteiger partial charge is 0.309 e. The van der Waals surface area contributed by atoms with E-state index in [1.807, 2.05) is 11.8 Å². The van der Waals surface area contributed by atoms with Gasteiger partial charge >= 0.3 is 5.97 Å². The van der Waals surface area contributed by atoms with Crippen LogP contribution in [0.15, 0.2) is 29.2 Å². The van der Waals surface area contributed by atoms with E-state index in [9.17, 15) is 9.59 Å². The minimum absolute atomic E-state index is 0.0541. The molecule has 0 spiro atoms. The van der Waals surface area contributed by atoms with Crippen LogP contribution in [0.1, 0.15) is 46.1 Å². The third kappa shape index (κ3) is 5.77. The molecule has 4 nitrogen and oxygen atoms in total. The highest BCUT2D eigenvalue weighted by Gasteiger charge is 2.28. The van der Waals surface area contributed by atoms with Gasteiger partial charge in [0.2, 0.25) is 5.91 Å². The van der Waals surface area contributed by atoms with Gasteiger partial charge < -0.3 is 9.64 Å². The molecule has 0 saturated carbocycles. The third-order valence-corrected chi connectivity index (χ3v) is 5.55. The Morgan fingerprint density at radius 2 is 1.76 bits per heavy atom. The van der Waals surface area contributed by atoms with Gasteiger partial charge in [0.05, 0.1) is 18.3 Å². The molecular formula is C20H29NO3S. The number of hydrogen-bond acceptors (Lipinski definition) is 4. The van der Waals surface area contributed by atoms with E-state index >= 15 is 0 Å². The van der Waals surface area contributed by atoms with Crippen molar-refractivity contribution in [3.8, 4) is 0 Å². The lowest BCUT2D eigenvalue weighted by Crippen LogP contribution is -2.41. The van der Waals surface area contributed by atoms with Crippen molar-refractivity contribution in [2.45, 2.75) is 50.8 Å². The summed E-state index contributed by atoms with van der Waals surface area (Å²) in [5.41, 5.74) is 1.44. The van der Waals surface area contributed by atoms with E-state index in [4.69, 9.17) is 4.74 Å². The number of carbonyl (C=O) groups is 2. The number of carbonyl (C=O) groups excluding carboxylic acids is 2. The number of esters is 1. The monoisotopic (exact) mass is 363 g/mol. The lowest BCUT2D eigenvalue weighted by atomic mass is 9.87. The van der Waals surface area contributed by atoms with Crippen LogP contribution in [-0.2, 0) is 19.7 Å². The molecule has 0 aliphatic carbocycles. The maximum Gasteiger partial charge on any atom is 0.309 e. The molecule has 5 heteroatoms. The van der Waals surface area contributed by atoms with Crippen molar-refractivity contribution in [3.63, 3.8) is 0 Å². The lowest BCUT2D eigenvalue weighted by Gasteiger charge is -2.30. The fourth-order valence-electron chi connectivity index (χ4n) is 2.91. The van der Waals surface area contributed by atoms with Gasteiger partial charge in [-0.3, -0.25) is 9.59 Å². The Bertz CT molecular complexity index is 584. The van der Waals surface area contributed by atoms with Crippen LogP contribution in [0.2, 0.25) is 0 Å². The molecule has 1 heterocycles. The quantitative estimate of drug-likeness (QED) is 0.588. The Kier molecular flexibility index (Phi) is 6.94. The number of thioether (sulfide) groups is 1. The van der Waals surface area contributed by atoms with Gasteiger partial charge in [0.25, 0.3) is 0 Å². The lowest BCUT2D eigenvalue weighted by molar-refractivity contribution is -0.151. The van der Waals surface area contributed by atoms with Crippen LogP contribution in [0.5, 0.6) is 0 Å². The van der Waals surface area contributed by atoms with Crippen LogP contribution in [0.3, 0.4) is 0 Å². The summed E-state index contributed by atoms with van der Waals surface area (Å²) >= 11 is 1.57. The van der Waals surface area contributed by atoms with Crippen LogP contribution < -0.4 is 0 Å². The number of benzene rings is 1. The van der Waals surface area contributed by atoms with Gasteiger partial charge in [0, 0.05) is 18.0 Å². The van der Waals surface area contributed by atoms with E-state index in [1.54, 1.807) is 11.8 Å². The highest BCUT2D eigenvalue weighted by molar-refractivity contribution is 8.00. The highest BCUT2D eigenvalue weighted by Crippen LogP contribution is 2.26. The SMILES string of the molecule is CCOC(=O)C1CCN(C(=O)CSc2ccc(C(C)(C)C)cc2)CC1. The van der Waals surface area contributed by atoms with Crippen molar-refractivity contribution in [3.05, 3.63) is 29.8 Å². The van der Waals surface area contributed by atoms with Crippen molar-refractivity contribution in [1.82, 2.24) is 4.90 Å². The summed E-state index contributed by atoms with van der Waals surface area (Å²) in [5.74, 6) is 0.413. The van der Waals surface area contributed by atoms with Crippen LogP contribution in [0.4, 0.5) is 0 Å². The number of amides is 1. The Hall–Kier alpha value is -1.49. The van der Waals surface area contributed by atoms with Gasteiger partial charge in [-0.05, 0) is 42.9 Å². The summed E-state index contributed by atoms with van der Waals surface area (Å²) in [4.78, 5) is 27.1. The molecular weight excluding hydrogens is 334 g/mol. The number of hydrogen-bond donors (Lipinski definition) is 0. The molecule has 1 aliphatic heterocycles. The first-order chi connectivity index (χ1) is 11.8. The number of piperidine rings is 1. The number of nitrogens with zero attached hydrogens (tertiary/aromatic N) is 1. The van der Waals surface area contributed by atoms with Gasteiger partial charge in [0.15, 0.2) is 0 Å². The summed E-state index contributed by atoms with van der Waals surface area (Å²) in [6.45, 7) is 10.1. The highest BCUT2D eigenvalue weighted by atomic mass is 32.2. The van der Waals surface area contributed by atoms with E-state index in [1.165, 1.54) is 5.56 Å². The second kappa shape index (κ2) is 8.75. The maximum atomic E-state index is 12.4. The van der Waals surface area contributed by atoms with E-state index in [0.29, 0.717) is 38.3 Å². The van der Waals surface area contributed by atoms with Crippen LogP contribution in [-0.4, -0.2) is 42.2 Å². The normalized spacial score (nSPS) is 15.9. The first-order valence-electron chi connectivity index (χ1n) is 8.99. The van der Waals surface area contributed by atoms with Crippen molar-refractivity contribution in [2.24, 2.45) is 5.92 Å². The first-order valence-corrected chi connectivity index (χ1v) is 9.97. The molecule has 1 saturated heterocycles. The Morgan fingerprint density at radius 1 is 1.16 bits per heavy atom. The first kappa shape index (κ1) is 19.8. The molecule has 0 atom stereocenters. The molecule has 0 aromatic heterocycles. The Balaban J connectivity index is 1.78. The topological polar surface area (TPSA) is 46.6 Å². The van der Waals surface area contributed by atoms with Crippen LogP contribution >= 0.6 is 11.8 Å². The Labute approximate surface area is 155 Å². The summed E-state index contributed by atoms with van der Waals surface area (Å²) < 4.78 is 5.07. The molecule has 1 aromatic carbocycles.